The largest absolute Gasteiger partial charge is 0.455 e. The molecule has 0 aromatic heterocycles. The molecule has 0 aliphatic rings. The number of benzene rings is 2. The number of anilines is 1. The van der Waals surface area contributed by atoms with E-state index < -0.39 is 17.6 Å². The van der Waals surface area contributed by atoms with Gasteiger partial charge in [0.1, 0.15) is 5.75 Å². The number of hydrogen-bond donors (Lipinski definition) is 1. The summed E-state index contributed by atoms with van der Waals surface area (Å²) in [6.07, 6.45) is -4.51. The Kier molecular flexibility index (Phi) is 7.67. The van der Waals surface area contributed by atoms with Gasteiger partial charge in [-0.1, -0.05) is 46.8 Å². The maximum atomic E-state index is 13.0. The van der Waals surface area contributed by atoms with E-state index in [1.807, 2.05) is 39.0 Å². The minimum atomic E-state index is -4.51. The maximum absolute atomic E-state index is 13.0. The first-order valence-corrected chi connectivity index (χ1v) is 9.16. The second-order valence-corrected chi connectivity index (χ2v) is 7.22. The minimum absolute atomic E-state index is 0.0205. The Balaban J connectivity index is 0.00000190. The average molecular weight is 395 g/mol. The Morgan fingerprint density at radius 1 is 0.929 bits per heavy atom. The van der Waals surface area contributed by atoms with Gasteiger partial charge >= 0.3 is 6.18 Å². The SMILES string of the molecule is CC.CC(=O)Nc1cc(C(F)(F)F)ccc1Oc1cc(C(C)(C)C)ccc1C. The van der Waals surface area contributed by atoms with Crippen LogP contribution in [0, 0.1) is 6.92 Å². The standard InChI is InChI=1S/C20H22F3NO2.C2H6/c1-12-6-7-14(19(3,4)5)11-18(12)26-17-9-8-15(20(21,22)23)10-16(17)24-13(2)25;1-2/h6-11H,1-5H3,(H,24,25);1-2H3. The first kappa shape index (κ1) is 23.5. The molecule has 0 radical (unpaired) electrons. The van der Waals surface area contributed by atoms with Crippen molar-refractivity contribution < 1.29 is 22.7 Å². The summed E-state index contributed by atoms with van der Waals surface area (Å²) in [5.74, 6) is 0.209. The lowest BCUT2D eigenvalue weighted by atomic mass is 9.86. The summed E-state index contributed by atoms with van der Waals surface area (Å²) in [6.45, 7) is 13.3. The summed E-state index contributed by atoms with van der Waals surface area (Å²) in [7, 11) is 0. The van der Waals surface area contributed by atoms with Crippen LogP contribution in [0.2, 0.25) is 0 Å². The molecule has 0 unspecified atom stereocenters. The van der Waals surface area contributed by atoms with Gasteiger partial charge in [0.25, 0.3) is 0 Å². The molecule has 0 spiro atoms. The lowest BCUT2D eigenvalue weighted by molar-refractivity contribution is -0.137. The number of carbonyl (C=O) groups is 1. The Morgan fingerprint density at radius 2 is 1.50 bits per heavy atom. The number of rotatable bonds is 3. The molecule has 2 aromatic carbocycles. The quantitative estimate of drug-likeness (QED) is 0.602. The maximum Gasteiger partial charge on any atom is 0.416 e. The number of amides is 1. The third-order valence-corrected chi connectivity index (χ3v) is 3.89. The lowest BCUT2D eigenvalue weighted by Gasteiger charge is -2.21. The molecule has 0 aliphatic carbocycles. The summed E-state index contributed by atoms with van der Waals surface area (Å²) in [6, 6.07) is 8.78. The summed E-state index contributed by atoms with van der Waals surface area (Å²) >= 11 is 0. The number of carbonyl (C=O) groups excluding carboxylic acids is 1. The number of alkyl halides is 3. The van der Waals surface area contributed by atoms with E-state index in [0.29, 0.717) is 5.75 Å². The first-order valence-electron chi connectivity index (χ1n) is 9.16. The molecule has 0 saturated carbocycles. The number of ether oxygens (including phenoxy) is 1. The Labute approximate surface area is 164 Å². The zero-order valence-corrected chi connectivity index (χ0v) is 17.4. The highest BCUT2D eigenvalue weighted by Crippen LogP contribution is 2.38. The Morgan fingerprint density at radius 3 is 2.00 bits per heavy atom. The predicted molar refractivity (Wildman–Crippen MR) is 107 cm³/mol. The van der Waals surface area contributed by atoms with Crippen molar-refractivity contribution in [2.45, 2.75) is 60.1 Å². The van der Waals surface area contributed by atoms with Crippen LogP contribution in [0.1, 0.15) is 58.2 Å². The number of aryl methyl sites for hydroxylation is 1. The van der Waals surface area contributed by atoms with E-state index in [1.165, 1.54) is 13.0 Å². The molecular formula is C22H28F3NO2. The van der Waals surface area contributed by atoms with Gasteiger partial charge in [0.05, 0.1) is 11.3 Å². The topological polar surface area (TPSA) is 38.3 Å². The highest BCUT2D eigenvalue weighted by molar-refractivity contribution is 5.90. The molecule has 28 heavy (non-hydrogen) atoms. The number of nitrogens with one attached hydrogen (secondary N) is 1. The van der Waals surface area contributed by atoms with Crippen molar-refractivity contribution in [2.75, 3.05) is 5.32 Å². The van der Waals surface area contributed by atoms with Crippen molar-refractivity contribution in [1.82, 2.24) is 0 Å². The molecule has 0 bridgehead atoms. The van der Waals surface area contributed by atoms with E-state index >= 15 is 0 Å². The second kappa shape index (κ2) is 9.13. The second-order valence-electron chi connectivity index (χ2n) is 7.22. The highest BCUT2D eigenvalue weighted by Gasteiger charge is 2.31. The molecule has 3 nitrogen and oxygen atoms in total. The smallest absolute Gasteiger partial charge is 0.416 e. The normalized spacial score (nSPS) is 11.4. The van der Waals surface area contributed by atoms with E-state index in [4.69, 9.17) is 4.74 Å². The molecule has 0 fully saturated rings. The van der Waals surface area contributed by atoms with E-state index in [1.54, 1.807) is 0 Å². The average Bonchev–Trinajstić information content (AvgIpc) is 2.57. The van der Waals surface area contributed by atoms with Gasteiger partial charge in [0, 0.05) is 6.92 Å². The fourth-order valence-electron chi connectivity index (χ4n) is 2.38. The molecule has 6 heteroatoms. The van der Waals surface area contributed by atoms with E-state index in [9.17, 15) is 18.0 Å². The summed E-state index contributed by atoms with van der Waals surface area (Å²) in [5.41, 5.74) is 0.895. The van der Waals surface area contributed by atoms with Gasteiger partial charge in [0.2, 0.25) is 5.91 Å². The fraction of sp³-hybridized carbons (Fsp3) is 0.409. The summed E-state index contributed by atoms with van der Waals surface area (Å²) in [5, 5.41) is 2.41. The van der Waals surface area contributed by atoms with Gasteiger partial charge in [-0.2, -0.15) is 13.2 Å². The van der Waals surface area contributed by atoms with Crippen LogP contribution < -0.4 is 10.1 Å². The molecular weight excluding hydrogens is 367 g/mol. The van der Waals surface area contributed by atoms with Crippen molar-refractivity contribution in [3.05, 3.63) is 53.1 Å². The molecule has 2 aromatic rings. The molecule has 0 atom stereocenters. The monoisotopic (exact) mass is 395 g/mol. The molecule has 2 rings (SSSR count). The molecule has 1 N–H and O–H groups in total. The van der Waals surface area contributed by atoms with Crippen molar-refractivity contribution in [3.63, 3.8) is 0 Å². The molecule has 0 saturated heterocycles. The zero-order chi connectivity index (χ0) is 21.7. The first-order chi connectivity index (χ1) is 12.9. The number of hydrogen-bond acceptors (Lipinski definition) is 2. The summed E-state index contributed by atoms with van der Waals surface area (Å²) < 4.78 is 44.7. The van der Waals surface area contributed by atoms with Gasteiger partial charge in [0.15, 0.2) is 5.75 Å². The van der Waals surface area contributed by atoms with Crippen LogP contribution in [-0.4, -0.2) is 5.91 Å². The van der Waals surface area contributed by atoms with Crippen LogP contribution in [0.4, 0.5) is 18.9 Å². The molecule has 1 amide bonds. The van der Waals surface area contributed by atoms with E-state index in [-0.39, 0.29) is 16.9 Å². The van der Waals surface area contributed by atoms with Gasteiger partial charge < -0.3 is 10.1 Å². The molecule has 0 heterocycles. The lowest BCUT2D eigenvalue weighted by Crippen LogP contribution is -2.12. The third-order valence-electron chi connectivity index (χ3n) is 3.89. The van der Waals surface area contributed by atoms with Crippen molar-refractivity contribution in [2.24, 2.45) is 0 Å². The molecule has 0 aliphatic heterocycles. The van der Waals surface area contributed by atoms with Crippen molar-refractivity contribution in [3.8, 4) is 11.5 Å². The fourth-order valence-corrected chi connectivity index (χ4v) is 2.38. The zero-order valence-electron chi connectivity index (χ0n) is 17.4. The van der Waals surface area contributed by atoms with Gasteiger partial charge in [-0.3, -0.25) is 4.79 Å². The van der Waals surface area contributed by atoms with Gasteiger partial charge in [-0.15, -0.1) is 0 Å². The third kappa shape index (κ3) is 6.29. The van der Waals surface area contributed by atoms with Gasteiger partial charge in [-0.05, 0) is 47.7 Å². The predicted octanol–water partition coefficient (Wildman–Crippen LogP) is 7.09. The number of halogens is 3. The van der Waals surface area contributed by atoms with Crippen molar-refractivity contribution >= 4 is 11.6 Å². The van der Waals surface area contributed by atoms with Crippen molar-refractivity contribution in [1.29, 1.82) is 0 Å². The van der Waals surface area contributed by atoms with Crippen LogP contribution in [0.5, 0.6) is 11.5 Å². The Hall–Kier alpha value is -2.50. The van der Waals surface area contributed by atoms with Crippen LogP contribution in [0.15, 0.2) is 36.4 Å². The van der Waals surface area contributed by atoms with Gasteiger partial charge in [-0.25, -0.2) is 0 Å². The highest BCUT2D eigenvalue weighted by atomic mass is 19.4. The van der Waals surface area contributed by atoms with Crippen LogP contribution in [0.3, 0.4) is 0 Å². The minimum Gasteiger partial charge on any atom is -0.455 e. The molecule has 154 valence electrons. The van der Waals surface area contributed by atoms with Crippen LogP contribution in [-0.2, 0) is 16.4 Å². The Bertz CT molecular complexity index is 822. The van der Waals surface area contributed by atoms with E-state index in [0.717, 1.165) is 23.3 Å². The van der Waals surface area contributed by atoms with Crippen LogP contribution in [0.25, 0.3) is 0 Å². The summed E-state index contributed by atoms with van der Waals surface area (Å²) in [4.78, 5) is 11.4. The van der Waals surface area contributed by atoms with E-state index in [2.05, 4.69) is 26.1 Å². The van der Waals surface area contributed by atoms with Crippen LogP contribution >= 0.6 is 0 Å².